The lowest BCUT2D eigenvalue weighted by atomic mass is 10.1. The minimum absolute atomic E-state index is 0.167. The summed E-state index contributed by atoms with van der Waals surface area (Å²) in [4.78, 5) is 20.3. The first-order valence-corrected chi connectivity index (χ1v) is 5.99. The molecule has 0 aromatic carbocycles. The summed E-state index contributed by atoms with van der Waals surface area (Å²) in [5.74, 6) is 0.481. The summed E-state index contributed by atoms with van der Waals surface area (Å²) >= 11 is 0. The largest absolute Gasteiger partial charge is 0.346 e. The minimum Gasteiger partial charge on any atom is -0.346 e. The number of pyridine rings is 1. The Balaban J connectivity index is 2.22. The molecule has 0 atom stereocenters. The topological polar surface area (TPSA) is 85.8 Å². The van der Waals surface area contributed by atoms with Gasteiger partial charge in [-0.15, -0.1) is 0 Å². The normalized spacial score (nSPS) is 11.3. The molecule has 19 heavy (non-hydrogen) atoms. The van der Waals surface area contributed by atoms with Gasteiger partial charge in [-0.2, -0.15) is 0 Å². The van der Waals surface area contributed by atoms with Crippen LogP contribution in [0.5, 0.6) is 0 Å². The van der Waals surface area contributed by atoms with E-state index in [4.69, 9.17) is 5.73 Å². The highest BCUT2D eigenvalue weighted by Gasteiger charge is 2.19. The second-order valence-corrected chi connectivity index (χ2v) is 4.91. The quantitative estimate of drug-likeness (QED) is 0.847. The third-order valence-corrected chi connectivity index (χ3v) is 2.74. The van der Waals surface area contributed by atoms with Crippen LogP contribution in [0.2, 0.25) is 0 Å². The highest BCUT2D eigenvalue weighted by atomic mass is 16.1. The molecule has 2 heterocycles. The maximum absolute atomic E-state index is 12.1. The molecule has 2 rings (SSSR count). The van der Waals surface area contributed by atoms with Gasteiger partial charge in [-0.3, -0.25) is 9.36 Å². The molecule has 6 nitrogen and oxygen atoms in total. The van der Waals surface area contributed by atoms with Crippen molar-refractivity contribution in [2.75, 3.05) is 6.54 Å². The van der Waals surface area contributed by atoms with E-state index < -0.39 is 5.54 Å². The van der Waals surface area contributed by atoms with E-state index in [9.17, 15) is 4.79 Å². The summed E-state index contributed by atoms with van der Waals surface area (Å²) in [6, 6.07) is 3.38. The summed E-state index contributed by atoms with van der Waals surface area (Å²) in [6.45, 7) is 4.13. The average molecular weight is 259 g/mol. The van der Waals surface area contributed by atoms with E-state index in [0.29, 0.717) is 17.9 Å². The molecule has 3 N–H and O–H groups in total. The third-order valence-electron chi connectivity index (χ3n) is 2.74. The van der Waals surface area contributed by atoms with Gasteiger partial charge in [0.2, 0.25) is 0 Å². The molecule has 0 aliphatic rings. The summed E-state index contributed by atoms with van der Waals surface area (Å²) in [7, 11) is 0. The van der Waals surface area contributed by atoms with Crippen molar-refractivity contribution < 1.29 is 4.79 Å². The molecule has 0 spiro atoms. The number of amides is 1. The Morgan fingerprint density at radius 1 is 1.47 bits per heavy atom. The van der Waals surface area contributed by atoms with Gasteiger partial charge >= 0.3 is 0 Å². The zero-order valence-corrected chi connectivity index (χ0v) is 11.0. The summed E-state index contributed by atoms with van der Waals surface area (Å²) in [5, 5.41) is 2.88. The lowest BCUT2D eigenvalue weighted by Gasteiger charge is -2.24. The number of carbonyl (C=O) groups excluding carboxylic acids is 1. The molecule has 0 aliphatic heterocycles. The number of nitrogens with zero attached hydrogens (tertiary/aromatic N) is 3. The Kier molecular flexibility index (Phi) is 3.62. The molecule has 0 bridgehead atoms. The predicted octanol–water partition coefficient (Wildman–Crippen LogP) is 0.734. The van der Waals surface area contributed by atoms with Crippen LogP contribution in [0.15, 0.2) is 37.1 Å². The molecule has 2 aromatic heterocycles. The molecule has 100 valence electrons. The molecule has 0 saturated heterocycles. The fraction of sp³-hybridized carbons (Fsp3) is 0.308. The third kappa shape index (κ3) is 3.17. The van der Waals surface area contributed by atoms with Crippen LogP contribution in [-0.2, 0) is 0 Å². The van der Waals surface area contributed by atoms with Crippen LogP contribution in [0.1, 0.15) is 24.2 Å². The Hall–Kier alpha value is -2.21. The number of nitrogens with two attached hydrogens (primary N) is 1. The molecular formula is C13H17N5O. The molecule has 0 aliphatic carbocycles. The van der Waals surface area contributed by atoms with Gasteiger partial charge in [-0.05, 0) is 26.0 Å². The average Bonchev–Trinajstić information content (AvgIpc) is 2.92. The molecular weight excluding hydrogens is 242 g/mol. The van der Waals surface area contributed by atoms with Crippen molar-refractivity contribution in [3.63, 3.8) is 0 Å². The molecule has 0 unspecified atom stereocenters. The van der Waals surface area contributed by atoms with Gasteiger partial charge in [0.1, 0.15) is 12.1 Å². The van der Waals surface area contributed by atoms with Crippen LogP contribution in [-0.4, -0.2) is 32.5 Å². The second-order valence-electron chi connectivity index (χ2n) is 4.91. The molecule has 1 amide bonds. The van der Waals surface area contributed by atoms with E-state index in [-0.39, 0.29) is 5.91 Å². The number of rotatable bonds is 4. The van der Waals surface area contributed by atoms with Crippen molar-refractivity contribution in [2.24, 2.45) is 5.73 Å². The van der Waals surface area contributed by atoms with Gasteiger partial charge < -0.3 is 11.1 Å². The van der Waals surface area contributed by atoms with E-state index in [2.05, 4.69) is 15.3 Å². The van der Waals surface area contributed by atoms with Crippen LogP contribution < -0.4 is 11.1 Å². The van der Waals surface area contributed by atoms with E-state index >= 15 is 0 Å². The lowest BCUT2D eigenvalue weighted by molar-refractivity contribution is 0.0915. The minimum atomic E-state index is -0.435. The lowest BCUT2D eigenvalue weighted by Crippen LogP contribution is -2.48. The molecule has 0 radical (unpaired) electrons. The van der Waals surface area contributed by atoms with Crippen molar-refractivity contribution in [3.05, 3.63) is 42.6 Å². The second kappa shape index (κ2) is 5.19. The maximum atomic E-state index is 12.1. The Morgan fingerprint density at radius 2 is 2.26 bits per heavy atom. The van der Waals surface area contributed by atoms with Crippen LogP contribution >= 0.6 is 0 Å². The first kappa shape index (κ1) is 13.2. The van der Waals surface area contributed by atoms with Crippen molar-refractivity contribution in [3.8, 4) is 5.82 Å². The number of carbonyl (C=O) groups is 1. The number of hydrogen-bond acceptors (Lipinski definition) is 4. The van der Waals surface area contributed by atoms with E-state index in [1.54, 1.807) is 41.6 Å². The number of hydrogen-bond donors (Lipinski definition) is 2. The Bertz CT molecular complexity index is 562. The van der Waals surface area contributed by atoms with Gasteiger partial charge in [0.15, 0.2) is 0 Å². The van der Waals surface area contributed by atoms with E-state index in [1.165, 1.54) is 0 Å². The number of imidazole rings is 1. The standard InChI is InChI=1S/C13H17N5O/c1-13(2,8-14)17-12(19)10-3-4-16-11(7-10)18-6-5-15-9-18/h3-7,9H,8,14H2,1-2H3,(H,17,19). The van der Waals surface area contributed by atoms with Gasteiger partial charge in [0.05, 0.1) is 0 Å². The molecule has 0 fully saturated rings. The van der Waals surface area contributed by atoms with E-state index in [1.807, 2.05) is 13.8 Å². The van der Waals surface area contributed by atoms with Crippen LogP contribution in [0.4, 0.5) is 0 Å². The zero-order chi connectivity index (χ0) is 13.9. The molecule has 6 heteroatoms. The Labute approximate surface area is 111 Å². The summed E-state index contributed by atoms with van der Waals surface area (Å²) in [6.07, 6.45) is 6.66. The van der Waals surface area contributed by atoms with Crippen molar-refractivity contribution in [1.82, 2.24) is 19.9 Å². The summed E-state index contributed by atoms with van der Waals surface area (Å²) < 4.78 is 1.74. The SMILES string of the molecule is CC(C)(CN)NC(=O)c1ccnc(-n2ccnc2)c1. The van der Waals surface area contributed by atoms with Crippen LogP contribution in [0.25, 0.3) is 5.82 Å². The van der Waals surface area contributed by atoms with Crippen LogP contribution in [0, 0.1) is 0 Å². The van der Waals surface area contributed by atoms with Crippen molar-refractivity contribution in [2.45, 2.75) is 19.4 Å². The van der Waals surface area contributed by atoms with Gasteiger partial charge in [0.25, 0.3) is 5.91 Å². The Morgan fingerprint density at radius 3 is 2.89 bits per heavy atom. The molecule has 0 saturated carbocycles. The first-order valence-electron chi connectivity index (χ1n) is 5.99. The smallest absolute Gasteiger partial charge is 0.251 e. The molecule has 2 aromatic rings. The number of aromatic nitrogens is 3. The summed E-state index contributed by atoms with van der Waals surface area (Å²) in [5.41, 5.74) is 5.71. The fourth-order valence-corrected chi connectivity index (χ4v) is 1.53. The number of nitrogens with one attached hydrogen (secondary N) is 1. The predicted molar refractivity (Wildman–Crippen MR) is 72.0 cm³/mol. The fourth-order valence-electron chi connectivity index (χ4n) is 1.53. The zero-order valence-electron chi connectivity index (χ0n) is 11.0. The maximum Gasteiger partial charge on any atom is 0.251 e. The van der Waals surface area contributed by atoms with Crippen molar-refractivity contribution >= 4 is 5.91 Å². The first-order chi connectivity index (χ1) is 9.02. The van der Waals surface area contributed by atoms with Crippen molar-refractivity contribution in [1.29, 1.82) is 0 Å². The monoisotopic (exact) mass is 259 g/mol. The van der Waals surface area contributed by atoms with E-state index in [0.717, 1.165) is 0 Å². The van der Waals surface area contributed by atoms with Gasteiger partial charge in [-0.1, -0.05) is 0 Å². The van der Waals surface area contributed by atoms with Gasteiger partial charge in [-0.25, -0.2) is 9.97 Å². The van der Waals surface area contributed by atoms with Crippen LogP contribution in [0.3, 0.4) is 0 Å². The highest BCUT2D eigenvalue weighted by molar-refractivity contribution is 5.94. The highest BCUT2D eigenvalue weighted by Crippen LogP contribution is 2.08. The van der Waals surface area contributed by atoms with Gasteiger partial charge in [0, 0.05) is 36.2 Å².